The van der Waals surface area contributed by atoms with Crippen molar-refractivity contribution < 1.29 is 0 Å². The van der Waals surface area contributed by atoms with Gasteiger partial charge in [0.25, 0.3) is 0 Å². The number of nitrogens with zero attached hydrogens (tertiary/aromatic N) is 3. The summed E-state index contributed by atoms with van der Waals surface area (Å²) in [6.45, 7) is 4.91. The minimum absolute atomic E-state index is 0.233. The molecule has 1 aromatic heterocycles. The van der Waals surface area contributed by atoms with E-state index in [4.69, 9.17) is 11.5 Å². The summed E-state index contributed by atoms with van der Waals surface area (Å²) < 4.78 is 0. The molecule has 0 aliphatic carbocycles. The zero-order chi connectivity index (χ0) is 10.7. The number of piperazine rings is 1. The quantitative estimate of drug-likeness (QED) is 0.580. The zero-order valence-corrected chi connectivity index (χ0v) is 8.61. The molecule has 0 radical (unpaired) electrons. The second-order valence-corrected chi connectivity index (χ2v) is 3.66. The zero-order valence-electron chi connectivity index (χ0n) is 8.61. The van der Waals surface area contributed by atoms with Crippen molar-refractivity contribution in [3.63, 3.8) is 0 Å². The molecule has 82 valence electrons. The first kappa shape index (κ1) is 10.1. The molecule has 0 bridgehead atoms. The van der Waals surface area contributed by atoms with Gasteiger partial charge in [0.1, 0.15) is 5.82 Å². The third-order valence-corrected chi connectivity index (χ3v) is 2.52. The first-order valence-corrected chi connectivity index (χ1v) is 5.05. The van der Waals surface area contributed by atoms with Crippen LogP contribution in [0.2, 0.25) is 0 Å². The lowest BCUT2D eigenvalue weighted by molar-refractivity contribution is 0.233. The fourth-order valence-corrected chi connectivity index (χ4v) is 1.67. The standard InChI is InChI=1S/C9H16N6/c10-8-7(5-13-9(11)14-8)6-15-3-1-12-2-4-15/h5,12H,1-4,6H2,(H4,10,11,13,14). The van der Waals surface area contributed by atoms with Crippen LogP contribution in [-0.2, 0) is 6.54 Å². The number of rotatable bonds is 2. The van der Waals surface area contributed by atoms with Crippen LogP contribution in [0.1, 0.15) is 5.56 Å². The van der Waals surface area contributed by atoms with Crippen LogP contribution in [0, 0.1) is 0 Å². The van der Waals surface area contributed by atoms with E-state index in [0.29, 0.717) is 5.82 Å². The average molecular weight is 208 g/mol. The lowest BCUT2D eigenvalue weighted by Crippen LogP contribution is -2.43. The summed E-state index contributed by atoms with van der Waals surface area (Å²) in [4.78, 5) is 10.2. The molecule has 1 fully saturated rings. The van der Waals surface area contributed by atoms with Crippen LogP contribution < -0.4 is 16.8 Å². The Morgan fingerprint density at radius 1 is 1.33 bits per heavy atom. The molecule has 0 atom stereocenters. The van der Waals surface area contributed by atoms with Crippen LogP contribution in [0.25, 0.3) is 0 Å². The number of nitrogens with one attached hydrogen (secondary N) is 1. The molecule has 6 nitrogen and oxygen atoms in total. The molecule has 0 saturated carbocycles. The number of aromatic nitrogens is 2. The van der Waals surface area contributed by atoms with Gasteiger partial charge in [0.05, 0.1) is 0 Å². The van der Waals surface area contributed by atoms with Crippen molar-refractivity contribution in [2.24, 2.45) is 0 Å². The van der Waals surface area contributed by atoms with Gasteiger partial charge in [-0.15, -0.1) is 0 Å². The number of anilines is 2. The van der Waals surface area contributed by atoms with Gasteiger partial charge < -0.3 is 16.8 Å². The van der Waals surface area contributed by atoms with Crippen LogP contribution in [0.15, 0.2) is 6.20 Å². The summed E-state index contributed by atoms with van der Waals surface area (Å²) in [5.74, 6) is 0.720. The summed E-state index contributed by atoms with van der Waals surface area (Å²) in [6, 6.07) is 0. The predicted octanol–water partition coefficient (Wildman–Crippen LogP) is -0.954. The Bertz CT molecular complexity index is 333. The highest BCUT2D eigenvalue weighted by Crippen LogP contribution is 2.11. The van der Waals surface area contributed by atoms with E-state index in [-0.39, 0.29) is 5.95 Å². The second-order valence-electron chi connectivity index (χ2n) is 3.66. The maximum atomic E-state index is 5.77. The van der Waals surface area contributed by atoms with Crippen LogP contribution in [0.3, 0.4) is 0 Å². The van der Waals surface area contributed by atoms with E-state index < -0.39 is 0 Å². The molecule has 0 amide bonds. The van der Waals surface area contributed by atoms with Gasteiger partial charge in [-0.05, 0) is 0 Å². The molecule has 5 N–H and O–H groups in total. The van der Waals surface area contributed by atoms with E-state index in [1.165, 1.54) is 0 Å². The third-order valence-electron chi connectivity index (χ3n) is 2.52. The van der Waals surface area contributed by atoms with Gasteiger partial charge in [-0.25, -0.2) is 4.98 Å². The first-order valence-electron chi connectivity index (χ1n) is 5.05. The largest absolute Gasteiger partial charge is 0.383 e. The average Bonchev–Trinajstić information content (AvgIpc) is 2.24. The van der Waals surface area contributed by atoms with Crippen molar-refractivity contribution >= 4 is 11.8 Å². The summed E-state index contributed by atoms with van der Waals surface area (Å²) in [6.07, 6.45) is 1.71. The fraction of sp³-hybridized carbons (Fsp3) is 0.556. The van der Waals surface area contributed by atoms with Crippen LogP contribution in [0.5, 0.6) is 0 Å². The molecule has 1 aliphatic heterocycles. The molecule has 0 unspecified atom stereocenters. The highest BCUT2D eigenvalue weighted by molar-refractivity contribution is 5.41. The predicted molar refractivity (Wildman–Crippen MR) is 59.0 cm³/mol. The van der Waals surface area contributed by atoms with Crippen LogP contribution >= 0.6 is 0 Å². The van der Waals surface area contributed by atoms with Crippen molar-refractivity contribution in [2.75, 3.05) is 37.6 Å². The second kappa shape index (κ2) is 4.41. The Kier molecular flexibility index (Phi) is 2.98. The molecule has 2 heterocycles. The fourth-order valence-electron chi connectivity index (χ4n) is 1.67. The number of nitrogens with two attached hydrogens (primary N) is 2. The van der Waals surface area contributed by atoms with Crippen molar-refractivity contribution in [2.45, 2.75) is 6.54 Å². The maximum absolute atomic E-state index is 5.77. The van der Waals surface area contributed by atoms with Crippen LogP contribution in [-0.4, -0.2) is 41.0 Å². The number of hydrogen-bond acceptors (Lipinski definition) is 6. The molecule has 0 aromatic carbocycles. The third kappa shape index (κ3) is 2.54. The number of nitrogen functional groups attached to an aromatic ring is 2. The van der Waals surface area contributed by atoms with E-state index >= 15 is 0 Å². The van der Waals surface area contributed by atoms with Crippen LogP contribution in [0.4, 0.5) is 11.8 Å². The highest BCUT2D eigenvalue weighted by Gasteiger charge is 2.12. The Morgan fingerprint density at radius 3 is 2.73 bits per heavy atom. The van der Waals surface area contributed by atoms with Gasteiger partial charge in [-0.2, -0.15) is 4.98 Å². The molecular formula is C9H16N6. The van der Waals surface area contributed by atoms with Crippen molar-refractivity contribution in [1.29, 1.82) is 0 Å². The molecule has 6 heteroatoms. The summed E-state index contributed by atoms with van der Waals surface area (Å²) in [5, 5.41) is 3.30. The van der Waals surface area contributed by atoms with Gasteiger partial charge in [0.15, 0.2) is 0 Å². The summed E-state index contributed by atoms with van der Waals surface area (Å²) in [5.41, 5.74) is 12.2. The molecule has 1 saturated heterocycles. The van der Waals surface area contributed by atoms with Gasteiger partial charge in [-0.1, -0.05) is 0 Å². The van der Waals surface area contributed by atoms with E-state index in [1.807, 2.05) is 0 Å². The summed E-state index contributed by atoms with van der Waals surface area (Å²) in [7, 11) is 0. The molecule has 1 aliphatic rings. The topological polar surface area (TPSA) is 93.1 Å². The number of hydrogen-bond donors (Lipinski definition) is 3. The molecule has 2 rings (SSSR count). The lowest BCUT2D eigenvalue weighted by Gasteiger charge is -2.27. The Hall–Kier alpha value is -1.40. The SMILES string of the molecule is Nc1ncc(CN2CCNCC2)c(N)n1. The maximum Gasteiger partial charge on any atom is 0.221 e. The van der Waals surface area contributed by atoms with Gasteiger partial charge in [0, 0.05) is 44.5 Å². The Labute approximate surface area is 88.7 Å². The van der Waals surface area contributed by atoms with E-state index in [1.54, 1.807) is 6.20 Å². The van der Waals surface area contributed by atoms with E-state index in [0.717, 1.165) is 38.3 Å². The van der Waals surface area contributed by atoms with Gasteiger partial charge in [-0.3, -0.25) is 4.90 Å². The highest BCUT2D eigenvalue weighted by atomic mass is 15.2. The minimum Gasteiger partial charge on any atom is -0.383 e. The monoisotopic (exact) mass is 208 g/mol. The normalized spacial score (nSPS) is 17.9. The van der Waals surface area contributed by atoms with Crippen molar-refractivity contribution in [3.8, 4) is 0 Å². The minimum atomic E-state index is 0.233. The van der Waals surface area contributed by atoms with Crippen molar-refractivity contribution in [3.05, 3.63) is 11.8 Å². The molecular weight excluding hydrogens is 192 g/mol. The lowest BCUT2D eigenvalue weighted by atomic mass is 10.2. The smallest absolute Gasteiger partial charge is 0.221 e. The van der Waals surface area contributed by atoms with Gasteiger partial charge >= 0.3 is 0 Å². The van der Waals surface area contributed by atoms with Gasteiger partial charge in [0.2, 0.25) is 5.95 Å². The van der Waals surface area contributed by atoms with E-state index in [9.17, 15) is 0 Å². The van der Waals surface area contributed by atoms with E-state index in [2.05, 4.69) is 20.2 Å². The Morgan fingerprint density at radius 2 is 2.07 bits per heavy atom. The molecule has 1 aromatic rings. The summed E-state index contributed by atoms with van der Waals surface area (Å²) >= 11 is 0. The molecule has 15 heavy (non-hydrogen) atoms. The van der Waals surface area contributed by atoms with Crippen molar-refractivity contribution in [1.82, 2.24) is 20.2 Å². The first-order chi connectivity index (χ1) is 7.25. The molecule has 0 spiro atoms. The Balaban J connectivity index is 2.03.